The monoisotopic (exact) mass is 624 g/mol. The number of nitrogens with zero attached hydrogens (tertiary/aromatic N) is 4. The van der Waals surface area contributed by atoms with Crippen LogP contribution in [0.1, 0.15) is 33.9 Å². The quantitative estimate of drug-likeness (QED) is 0.0622. The summed E-state index contributed by atoms with van der Waals surface area (Å²) in [5, 5.41) is 20.1. The number of Topliss-reactive ketones (excluding diaryl/α,β-unsaturated/α-hetero) is 1. The molecule has 1 unspecified atom stereocenters. The van der Waals surface area contributed by atoms with Gasteiger partial charge in [0.1, 0.15) is 23.9 Å². The van der Waals surface area contributed by atoms with E-state index in [9.17, 15) is 19.1 Å². The second-order valence-corrected chi connectivity index (χ2v) is 12.2. The minimum atomic E-state index is -0.969. The molecule has 5 aromatic rings. The van der Waals surface area contributed by atoms with Crippen molar-refractivity contribution in [3.8, 4) is 5.75 Å². The van der Waals surface area contributed by atoms with E-state index >= 15 is 0 Å². The average molecular weight is 625 g/mol. The number of anilines is 1. The third-order valence-corrected chi connectivity index (χ3v) is 9.06. The third-order valence-electron chi connectivity index (χ3n) is 6.94. The number of aryl methyl sites for hydroxylation is 1. The van der Waals surface area contributed by atoms with Gasteiger partial charge in [-0.05, 0) is 66.1 Å². The van der Waals surface area contributed by atoms with Gasteiger partial charge in [-0.15, -0.1) is 10.2 Å². The number of pyridine rings is 1. The van der Waals surface area contributed by atoms with Crippen LogP contribution < -0.4 is 9.64 Å². The molecule has 220 valence electrons. The van der Waals surface area contributed by atoms with E-state index in [1.54, 1.807) is 60.9 Å². The van der Waals surface area contributed by atoms with Gasteiger partial charge in [0, 0.05) is 23.7 Å². The molecule has 1 N–H and O–H groups in total. The molecule has 1 amide bonds. The fourth-order valence-electron chi connectivity index (χ4n) is 4.80. The molecule has 0 spiro atoms. The van der Waals surface area contributed by atoms with Crippen molar-refractivity contribution in [2.75, 3.05) is 4.90 Å². The summed E-state index contributed by atoms with van der Waals surface area (Å²) in [6.07, 6.45) is 3.13. The summed E-state index contributed by atoms with van der Waals surface area (Å²) in [5.74, 6) is -1.20. The number of aliphatic hydroxyl groups excluding tert-OH is 1. The van der Waals surface area contributed by atoms with Crippen LogP contribution in [0, 0.1) is 12.7 Å². The predicted molar refractivity (Wildman–Crippen MR) is 167 cm³/mol. The Morgan fingerprint density at radius 3 is 2.52 bits per heavy atom. The Morgan fingerprint density at radius 1 is 1.00 bits per heavy atom. The third kappa shape index (κ3) is 6.24. The minimum absolute atomic E-state index is 0.0767. The topological polar surface area (TPSA) is 106 Å². The molecule has 3 aromatic carbocycles. The second kappa shape index (κ2) is 12.8. The SMILES string of the molecule is Cc1cccc(COc2ccc(C(O)=C3C(=O)C(=O)N(c4nnc(SCc5ccc(F)cc5)s4)C3c3cccnc3)cc2)c1. The number of hydrogen-bond acceptors (Lipinski definition) is 9. The number of benzene rings is 3. The van der Waals surface area contributed by atoms with Gasteiger partial charge >= 0.3 is 5.91 Å². The summed E-state index contributed by atoms with van der Waals surface area (Å²) < 4.78 is 19.7. The molecule has 0 radical (unpaired) electrons. The number of thioether (sulfide) groups is 1. The minimum Gasteiger partial charge on any atom is -0.507 e. The van der Waals surface area contributed by atoms with Crippen LogP contribution in [0.15, 0.2) is 107 Å². The Hall–Kier alpha value is -4.87. The maximum absolute atomic E-state index is 13.5. The molecule has 1 fully saturated rings. The number of hydrogen-bond donors (Lipinski definition) is 1. The highest BCUT2D eigenvalue weighted by atomic mass is 32.2. The van der Waals surface area contributed by atoms with E-state index in [1.807, 2.05) is 31.2 Å². The molecule has 0 aliphatic carbocycles. The van der Waals surface area contributed by atoms with Crippen molar-refractivity contribution in [2.45, 2.75) is 29.7 Å². The Balaban J connectivity index is 1.27. The highest BCUT2D eigenvalue weighted by Gasteiger charge is 2.48. The lowest BCUT2D eigenvalue weighted by Crippen LogP contribution is -2.29. The molecule has 8 nitrogen and oxygen atoms in total. The molecule has 1 atom stereocenters. The molecule has 3 heterocycles. The van der Waals surface area contributed by atoms with Gasteiger partial charge in [-0.3, -0.25) is 19.5 Å². The molecule has 44 heavy (non-hydrogen) atoms. The van der Waals surface area contributed by atoms with Gasteiger partial charge < -0.3 is 9.84 Å². The highest BCUT2D eigenvalue weighted by molar-refractivity contribution is 8.00. The molecule has 2 aromatic heterocycles. The average Bonchev–Trinajstić information content (AvgIpc) is 3.62. The Bertz CT molecular complexity index is 1840. The van der Waals surface area contributed by atoms with Gasteiger partial charge in [0.05, 0.1) is 11.6 Å². The molecule has 6 rings (SSSR count). The number of halogens is 1. The van der Waals surface area contributed by atoms with Crippen molar-refractivity contribution in [2.24, 2.45) is 0 Å². The molecular formula is C33H25FN4O4S2. The molecule has 1 aliphatic heterocycles. The Morgan fingerprint density at radius 2 is 1.80 bits per heavy atom. The van der Waals surface area contributed by atoms with Crippen molar-refractivity contribution in [3.05, 3.63) is 137 Å². The summed E-state index contributed by atoms with van der Waals surface area (Å²) in [6, 6.07) is 23.3. The molecule has 0 bridgehead atoms. The fraction of sp³-hybridized carbons (Fsp3) is 0.121. The molecule has 0 saturated carbocycles. The number of ketones is 1. The smallest absolute Gasteiger partial charge is 0.301 e. The first-order valence-corrected chi connectivity index (χ1v) is 15.4. The maximum atomic E-state index is 13.5. The van der Waals surface area contributed by atoms with Crippen molar-refractivity contribution < 1.29 is 23.8 Å². The van der Waals surface area contributed by atoms with E-state index in [0.29, 0.717) is 33.6 Å². The number of aromatic nitrogens is 3. The van der Waals surface area contributed by atoms with Crippen molar-refractivity contribution in [1.82, 2.24) is 15.2 Å². The van der Waals surface area contributed by atoms with Gasteiger partial charge in [0.25, 0.3) is 5.78 Å². The van der Waals surface area contributed by atoms with Crippen molar-refractivity contribution in [3.63, 3.8) is 0 Å². The summed E-state index contributed by atoms with van der Waals surface area (Å²) in [5.41, 5.74) is 3.87. The van der Waals surface area contributed by atoms with Gasteiger partial charge in [-0.1, -0.05) is 71.1 Å². The molecular weight excluding hydrogens is 600 g/mol. The van der Waals surface area contributed by atoms with Crippen molar-refractivity contribution in [1.29, 1.82) is 0 Å². The van der Waals surface area contributed by atoms with E-state index in [-0.39, 0.29) is 22.3 Å². The van der Waals surface area contributed by atoms with Crippen LogP contribution in [0.2, 0.25) is 0 Å². The van der Waals surface area contributed by atoms with Crippen LogP contribution in [-0.4, -0.2) is 32.0 Å². The Labute approximate surface area is 260 Å². The molecule has 1 aliphatic rings. The molecule has 11 heteroatoms. The summed E-state index contributed by atoms with van der Waals surface area (Å²) >= 11 is 2.53. The van der Waals surface area contributed by atoms with Crippen LogP contribution in [0.4, 0.5) is 9.52 Å². The standard InChI is InChI=1S/C33H25FN4O4S2/c1-20-4-2-5-22(16-20)18-42-26-13-9-23(10-14-26)29(39)27-28(24-6-3-15-35-17-24)38(31(41)30(27)40)32-36-37-33(44-32)43-19-21-7-11-25(34)12-8-21/h2-17,28,39H,18-19H2,1H3. The first kappa shape index (κ1) is 29.2. The summed E-state index contributed by atoms with van der Waals surface area (Å²) in [4.78, 5) is 32.3. The first-order chi connectivity index (χ1) is 21.4. The van der Waals surface area contributed by atoms with Gasteiger partial charge in [-0.25, -0.2) is 4.39 Å². The zero-order chi connectivity index (χ0) is 30.6. The van der Waals surface area contributed by atoms with Gasteiger partial charge in [0.2, 0.25) is 5.13 Å². The number of aliphatic hydroxyl groups is 1. The van der Waals surface area contributed by atoms with E-state index in [1.165, 1.54) is 28.8 Å². The number of carbonyl (C=O) groups is 2. The fourth-order valence-corrected chi connectivity index (χ4v) is 6.62. The highest BCUT2D eigenvalue weighted by Crippen LogP contribution is 2.44. The zero-order valence-electron chi connectivity index (χ0n) is 23.4. The number of rotatable bonds is 9. The normalized spacial score (nSPS) is 16.0. The van der Waals surface area contributed by atoms with Crippen LogP contribution in [-0.2, 0) is 21.9 Å². The first-order valence-electron chi connectivity index (χ1n) is 13.6. The van der Waals surface area contributed by atoms with E-state index < -0.39 is 17.7 Å². The number of carbonyl (C=O) groups excluding carboxylic acids is 2. The van der Waals surface area contributed by atoms with Crippen LogP contribution >= 0.6 is 23.1 Å². The van der Waals surface area contributed by atoms with E-state index in [2.05, 4.69) is 15.2 Å². The lowest BCUT2D eigenvalue weighted by atomic mass is 9.96. The van der Waals surface area contributed by atoms with Gasteiger partial charge in [-0.2, -0.15) is 0 Å². The van der Waals surface area contributed by atoms with Crippen LogP contribution in [0.25, 0.3) is 5.76 Å². The van der Waals surface area contributed by atoms with Crippen LogP contribution in [0.3, 0.4) is 0 Å². The van der Waals surface area contributed by atoms with E-state index in [0.717, 1.165) is 28.0 Å². The zero-order valence-corrected chi connectivity index (χ0v) is 25.0. The van der Waals surface area contributed by atoms with E-state index in [4.69, 9.17) is 4.74 Å². The lowest BCUT2D eigenvalue weighted by Gasteiger charge is -2.22. The predicted octanol–water partition coefficient (Wildman–Crippen LogP) is 6.88. The van der Waals surface area contributed by atoms with Crippen molar-refractivity contribution >= 4 is 45.7 Å². The molecule has 1 saturated heterocycles. The number of ether oxygens (including phenoxy) is 1. The lowest BCUT2D eigenvalue weighted by molar-refractivity contribution is -0.132. The van der Waals surface area contributed by atoms with Gasteiger partial charge in [0.15, 0.2) is 4.34 Å². The largest absolute Gasteiger partial charge is 0.507 e. The summed E-state index contributed by atoms with van der Waals surface area (Å²) in [7, 11) is 0. The maximum Gasteiger partial charge on any atom is 0.301 e. The second-order valence-electron chi connectivity index (χ2n) is 10.0. The number of amides is 1. The van der Waals surface area contributed by atoms with Crippen LogP contribution in [0.5, 0.6) is 5.75 Å². The Kier molecular flexibility index (Phi) is 8.49. The summed E-state index contributed by atoms with van der Waals surface area (Å²) in [6.45, 7) is 2.40.